The van der Waals surface area contributed by atoms with Gasteiger partial charge in [-0.25, -0.2) is 19.3 Å². The van der Waals surface area contributed by atoms with E-state index in [4.69, 9.17) is 0 Å². The Bertz CT molecular complexity index is 1410. The van der Waals surface area contributed by atoms with Crippen LogP contribution >= 0.6 is 0 Å². The van der Waals surface area contributed by atoms with E-state index in [2.05, 4.69) is 35.6 Å². The highest BCUT2D eigenvalue weighted by molar-refractivity contribution is 5.73. The first-order chi connectivity index (χ1) is 15.6. The molecule has 2 aromatic carbocycles. The lowest BCUT2D eigenvalue weighted by atomic mass is 10.1. The molecule has 3 heterocycles. The molecule has 3 aromatic heterocycles. The van der Waals surface area contributed by atoms with Gasteiger partial charge in [-0.15, -0.1) is 5.10 Å². The summed E-state index contributed by atoms with van der Waals surface area (Å²) in [6.07, 6.45) is 3.31. The normalized spacial score (nSPS) is 11.0. The maximum atomic E-state index is 13.7. The van der Waals surface area contributed by atoms with E-state index in [1.165, 1.54) is 16.8 Å². The molecule has 158 valence electrons. The zero-order chi connectivity index (χ0) is 22.1. The van der Waals surface area contributed by atoms with Crippen molar-refractivity contribution in [1.82, 2.24) is 34.9 Å². The molecule has 5 aromatic rings. The Hall–Kier alpha value is -4.47. The molecule has 0 spiro atoms. The van der Waals surface area contributed by atoms with Gasteiger partial charge in [0.2, 0.25) is 11.9 Å². The first kappa shape index (κ1) is 19.5. The third-order valence-electron chi connectivity index (χ3n) is 4.70. The predicted octanol–water partition coefficient (Wildman–Crippen LogP) is 3.62. The second-order valence-electron chi connectivity index (χ2n) is 7.23. The Morgan fingerprint density at radius 3 is 2.69 bits per heavy atom. The van der Waals surface area contributed by atoms with Crippen molar-refractivity contribution in [2.45, 2.75) is 0 Å². The zero-order valence-corrected chi connectivity index (χ0v) is 17.3. The fraction of sp³-hybridized carbons (Fsp3) is 0.0909. The number of hydrogen-bond donors (Lipinski definition) is 1. The van der Waals surface area contributed by atoms with Crippen LogP contribution < -0.4 is 10.2 Å². The first-order valence-corrected chi connectivity index (χ1v) is 9.79. The Morgan fingerprint density at radius 2 is 1.84 bits per heavy atom. The SMILES string of the molecule is CN(C)c1nccc(-c2cccc(Nc3ncc4nnn(-c5cccc(F)c5)c4n3)c2)n1. The molecule has 0 saturated carbocycles. The van der Waals surface area contributed by atoms with Crippen LogP contribution in [0.5, 0.6) is 0 Å². The zero-order valence-electron chi connectivity index (χ0n) is 17.3. The van der Waals surface area contributed by atoms with E-state index >= 15 is 0 Å². The maximum Gasteiger partial charge on any atom is 0.229 e. The Kier molecular flexibility index (Phi) is 4.86. The molecule has 0 amide bonds. The molecule has 9 nitrogen and oxygen atoms in total. The summed E-state index contributed by atoms with van der Waals surface area (Å²) in [6, 6.07) is 15.7. The van der Waals surface area contributed by atoms with E-state index in [1.807, 2.05) is 49.3 Å². The van der Waals surface area contributed by atoms with Gasteiger partial charge in [-0.2, -0.15) is 9.67 Å². The van der Waals surface area contributed by atoms with Gasteiger partial charge >= 0.3 is 0 Å². The molecule has 0 radical (unpaired) electrons. The van der Waals surface area contributed by atoms with Crippen LogP contribution in [0, 0.1) is 5.82 Å². The molecular formula is C22H18FN9. The van der Waals surface area contributed by atoms with Crippen LogP contribution in [0.15, 0.2) is 67.0 Å². The lowest BCUT2D eigenvalue weighted by Gasteiger charge is -2.11. The van der Waals surface area contributed by atoms with Crippen molar-refractivity contribution < 1.29 is 4.39 Å². The molecular weight excluding hydrogens is 409 g/mol. The van der Waals surface area contributed by atoms with Gasteiger partial charge in [-0.3, -0.25) is 0 Å². The average molecular weight is 427 g/mol. The molecule has 5 rings (SSSR count). The third-order valence-corrected chi connectivity index (χ3v) is 4.70. The maximum absolute atomic E-state index is 13.7. The van der Waals surface area contributed by atoms with Crippen LogP contribution in [0.2, 0.25) is 0 Å². The fourth-order valence-corrected chi connectivity index (χ4v) is 3.18. The van der Waals surface area contributed by atoms with Crippen molar-refractivity contribution in [3.05, 3.63) is 72.8 Å². The van der Waals surface area contributed by atoms with Crippen LogP contribution in [0.25, 0.3) is 28.1 Å². The number of hydrogen-bond acceptors (Lipinski definition) is 8. The molecule has 0 aliphatic rings. The average Bonchev–Trinajstić information content (AvgIpc) is 3.23. The lowest BCUT2D eigenvalue weighted by molar-refractivity contribution is 0.625. The van der Waals surface area contributed by atoms with E-state index < -0.39 is 0 Å². The van der Waals surface area contributed by atoms with Gasteiger partial charge in [-0.05, 0) is 36.4 Å². The van der Waals surface area contributed by atoms with Gasteiger partial charge < -0.3 is 10.2 Å². The van der Waals surface area contributed by atoms with Crippen LogP contribution in [0.3, 0.4) is 0 Å². The first-order valence-electron chi connectivity index (χ1n) is 9.79. The minimum Gasteiger partial charge on any atom is -0.347 e. The summed E-state index contributed by atoms with van der Waals surface area (Å²) in [5, 5.41) is 11.4. The highest BCUT2D eigenvalue weighted by Gasteiger charge is 2.11. The van der Waals surface area contributed by atoms with E-state index in [0.717, 1.165) is 16.9 Å². The van der Waals surface area contributed by atoms with Crippen LogP contribution in [0.1, 0.15) is 0 Å². The van der Waals surface area contributed by atoms with E-state index in [-0.39, 0.29) is 5.82 Å². The van der Waals surface area contributed by atoms with Crippen molar-refractivity contribution in [2.24, 2.45) is 0 Å². The van der Waals surface area contributed by atoms with E-state index in [0.29, 0.717) is 28.7 Å². The molecule has 0 saturated heterocycles. The number of nitrogens with zero attached hydrogens (tertiary/aromatic N) is 8. The molecule has 0 aliphatic carbocycles. The second-order valence-corrected chi connectivity index (χ2v) is 7.23. The highest BCUT2D eigenvalue weighted by Crippen LogP contribution is 2.24. The molecule has 10 heteroatoms. The van der Waals surface area contributed by atoms with Crippen molar-refractivity contribution in [3.8, 4) is 16.9 Å². The van der Waals surface area contributed by atoms with Crippen molar-refractivity contribution in [2.75, 3.05) is 24.3 Å². The van der Waals surface area contributed by atoms with E-state index in [9.17, 15) is 4.39 Å². The van der Waals surface area contributed by atoms with Crippen molar-refractivity contribution >= 4 is 28.7 Å². The van der Waals surface area contributed by atoms with Gasteiger partial charge in [0, 0.05) is 31.5 Å². The topological polar surface area (TPSA) is 97.5 Å². The summed E-state index contributed by atoms with van der Waals surface area (Å²) in [4.78, 5) is 19.6. The third kappa shape index (κ3) is 3.81. The summed E-state index contributed by atoms with van der Waals surface area (Å²) >= 11 is 0. The molecule has 0 unspecified atom stereocenters. The number of aromatic nitrogens is 7. The number of rotatable bonds is 5. The predicted molar refractivity (Wildman–Crippen MR) is 119 cm³/mol. The number of nitrogens with one attached hydrogen (secondary N) is 1. The molecule has 1 N–H and O–H groups in total. The quantitative estimate of drug-likeness (QED) is 0.454. The summed E-state index contributed by atoms with van der Waals surface area (Å²) in [7, 11) is 3.79. The summed E-state index contributed by atoms with van der Waals surface area (Å²) in [6.45, 7) is 0. The molecule has 0 fully saturated rings. The summed E-state index contributed by atoms with van der Waals surface area (Å²) in [5.41, 5.74) is 4.02. The number of benzene rings is 2. The number of halogens is 1. The minimum absolute atomic E-state index is 0.363. The van der Waals surface area contributed by atoms with Gasteiger partial charge in [0.1, 0.15) is 5.82 Å². The number of fused-ring (bicyclic) bond motifs is 1. The number of anilines is 3. The van der Waals surface area contributed by atoms with Crippen LogP contribution in [0.4, 0.5) is 22.0 Å². The van der Waals surface area contributed by atoms with Crippen LogP contribution in [-0.4, -0.2) is 49.0 Å². The molecule has 0 atom stereocenters. The molecule has 0 aliphatic heterocycles. The largest absolute Gasteiger partial charge is 0.347 e. The van der Waals surface area contributed by atoms with Gasteiger partial charge in [0.05, 0.1) is 17.6 Å². The van der Waals surface area contributed by atoms with Crippen molar-refractivity contribution in [3.63, 3.8) is 0 Å². The fourth-order valence-electron chi connectivity index (χ4n) is 3.18. The monoisotopic (exact) mass is 427 g/mol. The van der Waals surface area contributed by atoms with E-state index in [1.54, 1.807) is 24.5 Å². The Balaban J connectivity index is 1.47. The molecule has 0 bridgehead atoms. The van der Waals surface area contributed by atoms with Gasteiger partial charge in [-0.1, -0.05) is 23.4 Å². The molecule has 32 heavy (non-hydrogen) atoms. The Morgan fingerprint density at radius 1 is 0.969 bits per heavy atom. The Labute approximate surface area is 182 Å². The standard InChI is InChI=1S/C22H18FN9/c1-31(2)22-24-10-9-18(27-22)14-5-3-7-16(11-14)26-21-25-13-19-20(28-21)32(30-29-19)17-8-4-6-15(23)12-17/h3-13H,1-2H3,(H,25,26,28). The highest BCUT2D eigenvalue weighted by atomic mass is 19.1. The van der Waals surface area contributed by atoms with Crippen LogP contribution in [-0.2, 0) is 0 Å². The summed E-state index contributed by atoms with van der Waals surface area (Å²) in [5.74, 6) is 0.636. The van der Waals surface area contributed by atoms with Crippen molar-refractivity contribution in [1.29, 1.82) is 0 Å². The lowest BCUT2D eigenvalue weighted by Crippen LogP contribution is -2.12. The van der Waals surface area contributed by atoms with Gasteiger partial charge in [0.25, 0.3) is 0 Å². The second kappa shape index (κ2) is 7.99. The minimum atomic E-state index is -0.363. The smallest absolute Gasteiger partial charge is 0.229 e. The summed E-state index contributed by atoms with van der Waals surface area (Å²) < 4.78 is 15.1. The van der Waals surface area contributed by atoms with Gasteiger partial charge in [0.15, 0.2) is 11.2 Å².